The lowest BCUT2D eigenvalue weighted by Gasteiger charge is -2.28. The number of aromatic amines is 1. The number of carbonyl (C=O) groups excluding carboxylic acids is 2. The van der Waals surface area contributed by atoms with Gasteiger partial charge >= 0.3 is 6.03 Å². The predicted molar refractivity (Wildman–Crippen MR) is 95.0 cm³/mol. The Hall–Kier alpha value is -3.03. The summed E-state index contributed by atoms with van der Waals surface area (Å²) < 4.78 is 5.22. The maximum absolute atomic E-state index is 12.6. The van der Waals surface area contributed by atoms with Gasteiger partial charge in [-0.15, -0.1) is 0 Å². The normalized spacial score (nSPS) is 19.4. The average molecular weight is 355 g/mol. The Kier molecular flexibility index (Phi) is 4.24. The lowest BCUT2D eigenvalue weighted by atomic mass is 10.1. The van der Waals surface area contributed by atoms with Crippen LogP contribution in [0.25, 0.3) is 0 Å². The molecule has 0 aliphatic carbocycles. The standard InChI is InChI=1S/C18H21N5O3/c1-26-15-4-2-3-14(8-15)23-11-13(7-17(23)24)20-18(25)22-6-5-16-12(10-22)9-19-21-16/h2-4,8-9,13H,5-7,10-11H2,1H3,(H,19,21)(H,20,25)/t13-/m0/s1. The number of nitrogens with zero attached hydrogens (tertiary/aromatic N) is 3. The first-order valence-electron chi connectivity index (χ1n) is 8.65. The summed E-state index contributed by atoms with van der Waals surface area (Å²) >= 11 is 0. The molecule has 136 valence electrons. The zero-order valence-electron chi connectivity index (χ0n) is 14.6. The van der Waals surface area contributed by atoms with Crippen LogP contribution in [0.1, 0.15) is 17.7 Å². The van der Waals surface area contributed by atoms with E-state index in [1.54, 1.807) is 23.1 Å². The van der Waals surface area contributed by atoms with Crippen molar-refractivity contribution >= 4 is 17.6 Å². The largest absolute Gasteiger partial charge is 0.497 e. The number of methoxy groups -OCH3 is 1. The molecule has 8 heteroatoms. The Labute approximate surface area is 151 Å². The summed E-state index contributed by atoms with van der Waals surface area (Å²) in [4.78, 5) is 28.4. The Morgan fingerprint density at radius 2 is 2.31 bits per heavy atom. The summed E-state index contributed by atoms with van der Waals surface area (Å²) in [6.07, 6.45) is 2.83. The molecular formula is C18H21N5O3. The minimum absolute atomic E-state index is 0.000631. The highest BCUT2D eigenvalue weighted by molar-refractivity contribution is 5.97. The predicted octanol–water partition coefficient (Wildman–Crippen LogP) is 1.29. The maximum Gasteiger partial charge on any atom is 0.318 e. The number of ether oxygens (including phenoxy) is 1. The Bertz CT molecular complexity index is 834. The van der Waals surface area contributed by atoms with Gasteiger partial charge in [0.2, 0.25) is 5.91 Å². The molecule has 4 rings (SSSR count). The third-order valence-electron chi connectivity index (χ3n) is 4.91. The number of hydrogen-bond acceptors (Lipinski definition) is 4. The molecule has 26 heavy (non-hydrogen) atoms. The number of benzene rings is 1. The number of amides is 3. The minimum Gasteiger partial charge on any atom is -0.497 e. The first kappa shape index (κ1) is 16.4. The van der Waals surface area contributed by atoms with Crippen LogP contribution in [0.2, 0.25) is 0 Å². The fourth-order valence-corrected chi connectivity index (χ4v) is 3.49. The fraction of sp³-hybridized carbons (Fsp3) is 0.389. The molecule has 8 nitrogen and oxygen atoms in total. The molecule has 1 atom stereocenters. The van der Waals surface area contributed by atoms with Crippen molar-refractivity contribution in [2.24, 2.45) is 0 Å². The molecule has 1 aromatic heterocycles. The number of fused-ring (bicyclic) bond motifs is 1. The van der Waals surface area contributed by atoms with E-state index in [0.29, 0.717) is 31.8 Å². The first-order chi connectivity index (χ1) is 12.6. The molecule has 1 saturated heterocycles. The molecule has 2 aliphatic heterocycles. The number of nitrogens with one attached hydrogen (secondary N) is 2. The molecule has 0 saturated carbocycles. The molecule has 2 aromatic rings. The summed E-state index contributed by atoms with van der Waals surface area (Å²) in [6.45, 7) is 1.64. The maximum atomic E-state index is 12.6. The highest BCUT2D eigenvalue weighted by Gasteiger charge is 2.33. The summed E-state index contributed by atoms with van der Waals surface area (Å²) in [5, 5.41) is 9.98. The van der Waals surface area contributed by atoms with Crippen LogP contribution in [-0.4, -0.2) is 53.3 Å². The Balaban J connectivity index is 1.39. The molecule has 1 aromatic carbocycles. The van der Waals surface area contributed by atoms with E-state index >= 15 is 0 Å². The van der Waals surface area contributed by atoms with Crippen molar-refractivity contribution in [2.75, 3.05) is 25.1 Å². The second-order valence-corrected chi connectivity index (χ2v) is 6.60. The number of carbonyl (C=O) groups is 2. The van der Waals surface area contributed by atoms with E-state index < -0.39 is 0 Å². The van der Waals surface area contributed by atoms with Crippen LogP contribution in [0.4, 0.5) is 10.5 Å². The lowest BCUT2D eigenvalue weighted by Crippen LogP contribution is -2.47. The van der Waals surface area contributed by atoms with E-state index in [9.17, 15) is 9.59 Å². The molecule has 0 bridgehead atoms. The number of H-pyrrole nitrogens is 1. The lowest BCUT2D eigenvalue weighted by molar-refractivity contribution is -0.117. The van der Waals surface area contributed by atoms with Crippen LogP contribution in [0, 0.1) is 0 Å². The zero-order valence-corrected chi connectivity index (χ0v) is 14.6. The van der Waals surface area contributed by atoms with Gasteiger partial charge in [0.25, 0.3) is 0 Å². The second-order valence-electron chi connectivity index (χ2n) is 6.60. The molecular weight excluding hydrogens is 334 g/mol. The summed E-state index contributed by atoms with van der Waals surface area (Å²) in [6, 6.07) is 7.05. The molecule has 0 unspecified atom stereocenters. The van der Waals surface area contributed by atoms with Gasteiger partial charge in [-0.1, -0.05) is 6.07 Å². The monoisotopic (exact) mass is 355 g/mol. The van der Waals surface area contributed by atoms with Gasteiger partial charge in [-0.3, -0.25) is 9.89 Å². The van der Waals surface area contributed by atoms with Crippen molar-refractivity contribution < 1.29 is 14.3 Å². The minimum atomic E-state index is -0.202. The third kappa shape index (κ3) is 3.10. The van der Waals surface area contributed by atoms with Crippen LogP contribution >= 0.6 is 0 Å². The average Bonchev–Trinajstić information content (AvgIpc) is 3.27. The van der Waals surface area contributed by atoms with E-state index in [2.05, 4.69) is 15.5 Å². The van der Waals surface area contributed by atoms with Crippen molar-refractivity contribution in [1.82, 2.24) is 20.4 Å². The summed E-state index contributed by atoms with van der Waals surface area (Å²) in [5.74, 6) is 0.700. The van der Waals surface area contributed by atoms with Gasteiger partial charge in [0.05, 0.1) is 25.9 Å². The van der Waals surface area contributed by atoms with Crippen LogP contribution < -0.4 is 15.0 Å². The van der Waals surface area contributed by atoms with Crippen molar-refractivity contribution in [3.8, 4) is 5.75 Å². The van der Waals surface area contributed by atoms with Crippen LogP contribution in [0.15, 0.2) is 30.5 Å². The van der Waals surface area contributed by atoms with E-state index in [4.69, 9.17) is 4.74 Å². The van der Waals surface area contributed by atoms with Gasteiger partial charge < -0.3 is 19.9 Å². The highest BCUT2D eigenvalue weighted by atomic mass is 16.5. The quantitative estimate of drug-likeness (QED) is 0.868. The third-order valence-corrected chi connectivity index (χ3v) is 4.91. The zero-order chi connectivity index (χ0) is 18.1. The van der Waals surface area contributed by atoms with E-state index in [1.807, 2.05) is 24.3 Å². The number of aromatic nitrogens is 2. The fourth-order valence-electron chi connectivity index (χ4n) is 3.49. The number of hydrogen-bond donors (Lipinski definition) is 2. The van der Waals surface area contributed by atoms with Gasteiger partial charge in [-0.2, -0.15) is 5.10 Å². The molecule has 0 radical (unpaired) electrons. The smallest absolute Gasteiger partial charge is 0.318 e. The van der Waals surface area contributed by atoms with E-state index in [1.165, 1.54) is 0 Å². The molecule has 3 amide bonds. The van der Waals surface area contributed by atoms with Gasteiger partial charge in [0.1, 0.15) is 5.75 Å². The summed E-state index contributed by atoms with van der Waals surface area (Å²) in [5.41, 5.74) is 2.92. The van der Waals surface area contributed by atoms with E-state index in [0.717, 1.165) is 23.4 Å². The first-order valence-corrected chi connectivity index (χ1v) is 8.65. The van der Waals surface area contributed by atoms with Crippen LogP contribution in [0.5, 0.6) is 5.75 Å². The van der Waals surface area contributed by atoms with Crippen LogP contribution in [-0.2, 0) is 17.8 Å². The van der Waals surface area contributed by atoms with Crippen LogP contribution in [0.3, 0.4) is 0 Å². The molecule has 1 fully saturated rings. The van der Waals surface area contributed by atoms with Crippen molar-refractivity contribution in [1.29, 1.82) is 0 Å². The van der Waals surface area contributed by atoms with Gasteiger partial charge in [-0.25, -0.2) is 4.79 Å². The number of anilines is 1. The molecule has 0 spiro atoms. The van der Waals surface area contributed by atoms with E-state index in [-0.39, 0.29) is 18.0 Å². The Morgan fingerprint density at radius 1 is 1.42 bits per heavy atom. The van der Waals surface area contributed by atoms with Gasteiger partial charge in [0, 0.05) is 48.9 Å². The number of urea groups is 1. The van der Waals surface area contributed by atoms with Crippen molar-refractivity contribution in [3.63, 3.8) is 0 Å². The number of rotatable bonds is 3. The molecule has 2 aliphatic rings. The van der Waals surface area contributed by atoms with Crippen molar-refractivity contribution in [3.05, 3.63) is 41.7 Å². The molecule has 2 N–H and O–H groups in total. The van der Waals surface area contributed by atoms with Crippen molar-refractivity contribution in [2.45, 2.75) is 25.4 Å². The van der Waals surface area contributed by atoms with Gasteiger partial charge in [0.15, 0.2) is 0 Å². The highest BCUT2D eigenvalue weighted by Crippen LogP contribution is 2.25. The SMILES string of the molecule is COc1cccc(N2C[C@@H](NC(=O)N3CCc4[nH]ncc4C3)CC2=O)c1. The second kappa shape index (κ2) is 6.70. The van der Waals surface area contributed by atoms with Gasteiger partial charge in [-0.05, 0) is 12.1 Å². The topological polar surface area (TPSA) is 90.6 Å². The Morgan fingerprint density at radius 3 is 3.15 bits per heavy atom. The summed E-state index contributed by atoms with van der Waals surface area (Å²) in [7, 11) is 1.60. The molecule has 3 heterocycles.